The second-order valence-corrected chi connectivity index (χ2v) is 7.61. The Bertz CT molecular complexity index is 827. The summed E-state index contributed by atoms with van der Waals surface area (Å²) in [5.74, 6) is 0.234. The number of amides is 2. The van der Waals surface area contributed by atoms with E-state index in [4.69, 9.17) is 0 Å². The first-order chi connectivity index (χ1) is 13.2. The number of hydrogen-bond acceptors (Lipinski definition) is 2. The van der Waals surface area contributed by atoms with Crippen LogP contribution in [-0.2, 0) is 6.42 Å². The first-order valence-electron chi connectivity index (χ1n) is 9.87. The van der Waals surface area contributed by atoms with E-state index < -0.39 is 0 Å². The van der Waals surface area contributed by atoms with Crippen molar-refractivity contribution in [1.82, 2.24) is 4.90 Å². The summed E-state index contributed by atoms with van der Waals surface area (Å²) >= 11 is 0. The monoisotopic (exact) mass is 359 g/mol. The molecule has 4 rings (SSSR count). The van der Waals surface area contributed by atoms with Crippen LogP contribution in [0.25, 0.3) is 0 Å². The van der Waals surface area contributed by atoms with Crippen LogP contribution in [0, 0.1) is 0 Å². The van der Waals surface area contributed by atoms with Gasteiger partial charge in [0.05, 0.1) is 17.2 Å². The van der Waals surface area contributed by atoms with Crippen LogP contribution >= 0.6 is 0 Å². The summed E-state index contributed by atoms with van der Waals surface area (Å²) in [6, 6.07) is 15.4. The summed E-state index contributed by atoms with van der Waals surface area (Å²) in [5.41, 5.74) is 3.51. The number of carbonyl (C=O) groups is 2. The number of carbonyl (C=O) groups excluding carboxylic acids is 2. The molecule has 2 aromatic carbocycles. The minimum Gasteiger partial charge on any atom is -0.269 e. The molecule has 1 aliphatic carbocycles. The van der Waals surface area contributed by atoms with E-state index in [2.05, 4.69) is 30.8 Å². The van der Waals surface area contributed by atoms with Crippen molar-refractivity contribution < 1.29 is 9.59 Å². The molecule has 1 atom stereocenters. The van der Waals surface area contributed by atoms with Gasteiger partial charge in [-0.3, -0.25) is 14.5 Å². The Morgan fingerprint density at radius 3 is 2.07 bits per heavy atom. The first kappa shape index (κ1) is 17.7. The summed E-state index contributed by atoms with van der Waals surface area (Å²) < 4.78 is 0. The second kappa shape index (κ2) is 7.51. The lowest BCUT2D eigenvalue weighted by Crippen LogP contribution is -2.39. The predicted octanol–water partition coefficient (Wildman–Crippen LogP) is 5.13. The highest BCUT2D eigenvalue weighted by atomic mass is 16.2. The molecule has 0 bridgehead atoms. The van der Waals surface area contributed by atoms with Crippen molar-refractivity contribution in [3.8, 4) is 0 Å². The molecule has 1 aliphatic heterocycles. The molecule has 0 N–H and O–H groups in total. The van der Waals surface area contributed by atoms with Crippen LogP contribution in [0.4, 0.5) is 0 Å². The Morgan fingerprint density at radius 1 is 0.926 bits per heavy atom. The highest BCUT2D eigenvalue weighted by molar-refractivity contribution is 6.21. The van der Waals surface area contributed by atoms with Crippen molar-refractivity contribution in [1.29, 1.82) is 0 Å². The molecular weight excluding hydrogens is 334 g/mol. The fourth-order valence-electron chi connectivity index (χ4n) is 4.39. The zero-order valence-corrected chi connectivity index (χ0v) is 15.6. The van der Waals surface area contributed by atoms with Gasteiger partial charge in [-0.25, -0.2) is 0 Å². The Kier molecular flexibility index (Phi) is 4.93. The quantitative estimate of drug-likeness (QED) is 0.548. The Labute approximate surface area is 160 Å². The van der Waals surface area contributed by atoms with Crippen LogP contribution in [0.3, 0.4) is 0 Å². The van der Waals surface area contributed by atoms with Gasteiger partial charge in [0, 0.05) is 0 Å². The summed E-state index contributed by atoms with van der Waals surface area (Å²) in [4.78, 5) is 26.8. The fraction of sp³-hybridized carbons (Fsp3) is 0.333. The van der Waals surface area contributed by atoms with Gasteiger partial charge in [0.25, 0.3) is 11.8 Å². The van der Waals surface area contributed by atoms with Crippen molar-refractivity contribution in [3.63, 3.8) is 0 Å². The van der Waals surface area contributed by atoms with Gasteiger partial charge in [-0.15, -0.1) is 6.58 Å². The lowest BCUT2D eigenvalue weighted by molar-refractivity contribution is 0.0615. The van der Waals surface area contributed by atoms with E-state index in [0.29, 0.717) is 23.5 Å². The van der Waals surface area contributed by atoms with Gasteiger partial charge < -0.3 is 0 Å². The molecule has 1 saturated carbocycles. The summed E-state index contributed by atoms with van der Waals surface area (Å²) in [5, 5.41) is 0. The molecule has 27 heavy (non-hydrogen) atoms. The summed E-state index contributed by atoms with van der Waals surface area (Å²) in [6.07, 6.45) is 8.87. The molecule has 2 amide bonds. The maximum atomic E-state index is 12.7. The molecular formula is C24H25NO2. The van der Waals surface area contributed by atoms with E-state index in [9.17, 15) is 9.59 Å². The lowest BCUT2D eigenvalue weighted by atomic mass is 9.84. The summed E-state index contributed by atoms with van der Waals surface area (Å²) in [7, 11) is 0. The smallest absolute Gasteiger partial charge is 0.262 e. The van der Waals surface area contributed by atoms with Gasteiger partial charge >= 0.3 is 0 Å². The molecule has 1 unspecified atom stereocenters. The number of benzene rings is 2. The molecule has 1 heterocycles. The Balaban J connectivity index is 1.50. The maximum Gasteiger partial charge on any atom is 0.262 e. The van der Waals surface area contributed by atoms with Gasteiger partial charge in [-0.2, -0.15) is 0 Å². The largest absolute Gasteiger partial charge is 0.269 e. The zero-order chi connectivity index (χ0) is 18.8. The fourth-order valence-corrected chi connectivity index (χ4v) is 4.39. The standard InChI is InChI=1S/C24H25NO2/c1-2-20(25-23(26)21-10-6-7-11-22(21)24(25)27)16-17-12-14-19(15-13-17)18-8-4-3-5-9-18/h2,6-7,10-15,18,20H,1,3-5,8-9,16H2. The molecule has 2 aromatic rings. The molecule has 1 fully saturated rings. The molecule has 3 nitrogen and oxygen atoms in total. The SMILES string of the molecule is C=CC(Cc1ccc(C2CCCCC2)cc1)N1C(=O)c2ccccc2C1=O. The van der Waals surface area contributed by atoms with Gasteiger partial charge in [0.2, 0.25) is 0 Å². The van der Waals surface area contributed by atoms with Crippen molar-refractivity contribution in [2.75, 3.05) is 0 Å². The van der Waals surface area contributed by atoms with Crippen LogP contribution in [-0.4, -0.2) is 22.8 Å². The van der Waals surface area contributed by atoms with Crippen LogP contribution in [0.2, 0.25) is 0 Å². The minimum atomic E-state index is -0.335. The van der Waals surface area contributed by atoms with Crippen LogP contribution in [0.1, 0.15) is 69.9 Å². The number of hydrogen-bond donors (Lipinski definition) is 0. The molecule has 0 saturated heterocycles. The van der Waals surface area contributed by atoms with E-state index in [1.807, 2.05) is 0 Å². The van der Waals surface area contributed by atoms with Gasteiger partial charge in [0.15, 0.2) is 0 Å². The first-order valence-corrected chi connectivity index (χ1v) is 9.87. The third kappa shape index (κ3) is 3.34. The maximum absolute atomic E-state index is 12.7. The molecule has 138 valence electrons. The van der Waals surface area contributed by atoms with Crippen molar-refractivity contribution in [2.24, 2.45) is 0 Å². The topological polar surface area (TPSA) is 37.4 Å². The second-order valence-electron chi connectivity index (χ2n) is 7.61. The molecule has 0 aromatic heterocycles. The molecule has 3 heteroatoms. The minimum absolute atomic E-state index is 0.223. The lowest BCUT2D eigenvalue weighted by Gasteiger charge is -2.24. The van der Waals surface area contributed by atoms with Crippen LogP contribution in [0.15, 0.2) is 61.2 Å². The third-order valence-corrected chi connectivity index (χ3v) is 5.93. The van der Waals surface area contributed by atoms with E-state index >= 15 is 0 Å². The average molecular weight is 359 g/mol. The predicted molar refractivity (Wildman–Crippen MR) is 107 cm³/mol. The average Bonchev–Trinajstić information content (AvgIpc) is 2.98. The van der Waals surface area contributed by atoms with Crippen LogP contribution in [0.5, 0.6) is 0 Å². The van der Waals surface area contributed by atoms with Crippen molar-refractivity contribution in [2.45, 2.75) is 50.5 Å². The van der Waals surface area contributed by atoms with Crippen LogP contribution < -0.4 is 0 Å². The Morgan fingerprint density at radius 2 is 1.52 bits per heavy atom. The van der Waals surface area contributed by atoms with Crippen molar-refractivity contribution in [3.05, 3.63) is 83.4 Å². The number of fused-ring (bicyclic) bond motifs is 1. The van der Waals surface area contributed by atoms with Gasteiger partial charge in [0.1, 0.15) is 0 Å². The van der Waals surface area contributed by atoms with E-state index in [-0.39, 0.29) is 17.9 Å². The van der Waals surface area contributed by atoms with Crippen molar-refractivity contribution >= 4 is 11.8 Å². The van der Waals surface area contributed by atoms with Gasteiger partial charge in [-0.1, -0.05) is 61.7 Å². The van der Waals surface area contributed by atoms with E-state index in [0.717, 1.165) is 5.56 Å². The van der Waals surface area contributed by atoms with E-state index in [1.54, 1.807) is 30.3 Å². The number of rotatable bonds is 5. The normalized spacial score (nSPS) is 18.4. The third-order valence-electron chi connectivity index (χ3n) is 5.93. The zero-order valence-electron chi connectivity index (χ0n) is 15.6. The highest BCUT2D eigenvalue weighted by Crippen LogP contribution is 2.33. The van der Waals surface area contributed by atoms with Gasteiger partial charge in [-0.05, 0) is 48.4 Å². The molecule has 0 spiro atoms. The molecule has 0 radical (unpaired) electrons. The summed E-state index contributed by atoms with van der Waals surface area (Å²) in [6.45, 7) is 3.88. The number of nitrogens with zero attached hydrogens (tertiary/aromatic N) is 1. The Hall–Kier alpha value is -2.68. The molecule has 2 aliphatic rings. The highest BCUT2D eigenvalue weighted by Gasteiger charge is 2.38. The number of imide groups is 1. The van der Waals surface area contributed by atoms with E-state index in [1.165, 1.54) is 42.6 Å².